The van der Waals surface area contributed by atoms with Crippen LogP contribution in [0.25, 0.3) is 0 Å². The zero-order valence-corrected chi connectivity index (χ0v) is 16.6. The lowest BCUT2D eigenvalue weighted by Crippen LogP contribution is -2.53. The number of hydrogen-bond donors (Lipinski definition) is 0. The van der Waals surface area contributed by atoms with Crippen LogP contribution in [0, 0.1) is 34.5 Å². The molecule has 0 saturated heterocycles. The minimum absolute atomic E-state index is 0.0967. The first-order chi connectivity index (χ1) is 11.9. The summed E-state index contributed by atoms with van der Waals surface area (Å²) in [5.74, 6) is 3.42. The third kappa shape index (κ3) is 2.61. The number of carbonyl (C=O) groups excluding carboxylic acids is 1. The van der Waals surface area contributed by atoms with E-state index in [9.17, 15) is 4.79 Å². The quantitative estimate of drug-likeness (QED) is 0.437. The van der Waals surface area contributed by atoms with Crippen LogP contribution in [0.4, 0.5) is 0 Å². The van der Waals surface area contributed by atoms with Gasteiger partial charge in [0.25, 0.3) is 0 Å². The second-order valence-electron chi connectivity index (χ2n) is 9.97. The molecule has 0 aromatic rings. The summed E-state index contributed by atoms with van der Waals surface area (Å²) in [5, 5.41) is 0. The van der Waals surface area contributed by atoms with Crippen LogP contribution in [0.15, 0.2) is 11.6 Å². The van der Waals surface area contributed by atoms with Gasteiger partial charge < -0.3 is 4.74 Å². The normalized spacial score (nSPS) is 50.7. The summed E-state index contributed by atoms with van der Waals surface area (Å²) in [5.41, 5.74) is 2.73. The van der Waals surface area contributed by atoms with E-state index in [-0.39, 0.29) is 12.1 Å². The fourth-order valence-corrected chi connectivity index (χ4v) is 7.88. The van der Waals surface area contributed by atoms with Crippen molar-refractivity contribution in [3.05, 3.63) is 11.6 Å². The van der Waals surface area contributed by atoms with Gasteiger partial charge in [0.15, 0.2) is 0 Å². The van der Waals surface area contributed by atoms with Crippen LogP contribution in [0.5, 0.6) is 0 Å². The molecule has 140 valence electrons. The summed E-state index contributed by atoms with van der Waals surface area (Å²) in [6, 6.07) is 0. The Morgan fingerprint density at radius 2 is 1.88 bits per heavy atom. The molecule has 0 radical (unpaired) electrons. The van der Waals surface area contributed by atoms with Gasteiger partial charge in [-0.15, -0.1) is 0 Å². The van der Waals surface area contributed by atoms with Gasteiger partial charge in [-0.25, -0.2) is 0 Å². The highest BCUT2D eigenvalue weighted by atomic mass is 16.5. The molecular formula is C23H36O2. The summed E-state index contributed by atoms with van der Waals surface area (Å²) in [6.07, 6.45) is 14.4. The fourth-order valence-electron chi connectivity index (χ4n) is 7.88. The molecule has 2 nitrogen and oxygen atoms in total. The Morgan fingerprint density at radius 1 is 1.08 bits per heavy atom. The first-order valence-electron chi connectivity index (χ1n) is 10.7. The maximum atomic E-state index is 11.4. The molecule has 4 saturated carbocycles. The van der Waals surface area contributed by atoms with Crippen LogP contribution in [0.1, 0.15) is 85.5 Å². The number of allylic oxidation sites excluding steroid dienone is 2. The summed E-state index contributed by atoms with van der Waals surface area (Å²) in [7, 11) is 0. The number of ether oxygens (including phenoxy) is 1. The van der Waals surface area contributed by atoms with Crippen LogP contribution < -0.4 is 0 Å². The summed E-state index contributed by atoms with van der Waals surface area (Å²) >= 11 is 0. The summed E-state index contributed by atoms with van der Waals surface area (Å²) in [4.78, 5) is 11.4. The van der Waals surface area contributed by atoms with Gasteiger partial charge in [-0.3, -0.25) is 4.79 Å². The van der Waals surface area contributed by atoms with Gasteiger partial charge in [-0.05, 0) is 99.2 Å². The standard InChI is InChI=1S/C23H36O2/c1-5-16-7-9-20-19-8-6-17-14-18(25-15(2)24)10-12-23(17,4)21(19)11-13-22(16,20)3/h5,17-21H,6-14H2,1-4H3/b16-5+/t17-,18-,19+,20+,21+,22-,23+/m1/s1. The Kier molecular flexibility index (Phi) is 4.32. The van der Waals surface area contributed by atoms with Crippen molar-refractivity contribution >= 4 is 5.97 Å². The lowest BCUT2D eigenvalue weighted by atomic mass is 9.45. The van der Waals surface area contributed by atoms with Gasteiger partial charge in [-0.2, -0.15) is 0 Å². The molecule has 0 spiro atoms. The fraction of sp³-hybridized carbons (Fsp3) is 0.870. The first-order valence-corrected chi connectivity index (χ1v) is 10.7. The van der Waals surface area contributed by atoms with Crippen molar-refractivity contribution in [3.8, 4) is 0 Å². The zero-order valence-electron chi connectivity index (χ0n) is 16.6. The molecule has 7 atom stereocenters. The van der Waals surface area contributed by atoms with E-state index < -0.39 is 0 Å². The van der Waals surface area contributed by atoms with E-state index in [0.717, 1.165) is 36.5 Å². The second-order valence-corrected chi connectivity index (χ2v) is 9.97. The first kappa shape index (κ1) is 17.6. The van der Waals surface area contributed by atoms with Gasteiger partial charge in [-0.1, -0.05) is 25.5 Å². The molecule has 0 aromatic heterocycles. The smallest absolute Gasteiger partial charge is 0.302 e. The van der Waals surface area contributed by atoms with Crippen LogP contribution >= 0.6 is 0 Å². The third-order valence-corrected chi connectivity index (χ3v) is 9.15. The largest absolute Gasteiger partial charge is 0.463 e. The lowest BCUT2D eigenvalue weighted by Gasteiger charge is -2.60. The number of carbonyl (C=O) groups is 1. The Hall–Kier alpha value is -0.790. The highest BCUT2D eigenvalue weighted by Crippen LogP contribution is 2.67. The summed E-state index contributed by atoms with van der Waals surface area (Å²) in [6.45, 7) is 8.98. The molecule has 0 heterocycles. The second kappa shape index (κ2) is 6.13. The molecule has 4 aliphatic carbocycles. The van der Waals surface area contributed by atoms with Crippen molar-refractivity contribution < 1.29 is 9.53 Å². The van der Waals surface area contributed by atoms with E-state index in [1.54, 1.807) is 12.5 Å². The van der Waals surface area contributed by atoms with Crippen LogP contribution in [0.2, 0.25) is 0 Å². The van der Waals surface area contributed by atoms with Crippen molar-refractivity contribution in [2.45, 2.75) is 91.6 Å². The topological polar surface area (TPSA) is 26.3 Å². The zero-order chi connectivity index (χ0) is 17.8. The van der Waals surface area contributed by atoms with Crippen molar-refractivity contribution in [1.82, 2.24) is 0 Å². The van der Waals surface area contributed by atoms with Crippen molar-refractivity contribution in [2.75, 3.05) is 0 Å². The molecule has 0 unspecified atom stereocenters. The molecule has 0 bridgehead atoms. The van der Waals surface area contributed by atoms with Crippen LogP contribution in [-0.4, -0.2) is 12.1 Å². The SMILES string of the molecule is C/C=C1\CC[C@H]2[C@@H]3CC[C@@H]4C[C@H](OC(C)=O)CC[C@]4(C)[C@H]3CC[C@]12C. The molecule has 2 heteroatoms. The van der Waals surface area contributed by atoms with E-state index in [2.05, 4.69) is 26.8 Å². The predicted octanol–water partition coefficient (Wildman–Crippen LogP) is 5.91. The Morgan fingerprint density at radius 3 is 2.60 bits per heavy atom. The van der Waals surface area contributed by atoms with Gasteiger partial charge in [0, 0.05) is 6.92 Å². The highest BCUT2D eigenvalue weighted by Gasteiger charge is 2.59. The molecule has 25 heavy (non-hydrogen) atoms. The predicted molar refractivity (Wildman–Crippen MR) is 101 cm³/mol. The Balaban J connectivity index is 1.55. The number of esters is 1. The third-order valence-electron chi connectivity index (χ3n) is 9.15. The van der Waals surface area contributed by atoms with Crippen molar-refractivity contribution in [3.63, 3.8) is 0 Å². The highest BCUT2D eigenvalue weighted by molar-refractivity contribution is 5.66. The van der Waals surface area contributed by atoms with E-state index in [0.29, 0.717) is 10.8 Å². The average molecular weight is 345 g/mol. The lowest BCUT2D eigenvalue weighted by molar-refractivity contribution is -0.158. The molecule has 4 fully saturated rings. The van der Waals surface area contributed by atoms with Gasteiger partial charge in [0.2, 0.25) is 0 Å². The molecule has 0 aromatic carbocycles. The van der Waals surface area contributed by atoms with E-state index >= 15 is 0 Å². The maximum absolute atomic E-state index is 11.4. The van der Waals surface area contributed by atoms with Gasteiger partial charge >= 0.3 is 5.97 Å². The van der Waals surface area contributed by atoms with Crippen LogP contribution in [-0.2, 0) is 9.53 Å². The van der Waals surface area contributed by atoms with E-state index in [4.69, 9.17) is 4.74 Å². The molecule has 0 amide bonds. The van der Waals surface area contributed by atoms with Crippen molar-refractivity contribution in [2.24, 2.45) is 34.5 Å². The van der Waals surface area contributed by atoms with Crippen LogP contribution in [0.3, 0.4) is 0 Å². The van der Waals surface area contributed by atoms with Crippen molar-refractivity contribution in [1.29, 1.82) is 0 Å². The van der Waals surface area contributed by atoms with E-state index in [1.165, 1.54) is 44.9 Å². The molecule has 4 rings (SSSR count). The Labute approximate surface area is 153 Å². The number of rotatable bonds is 1. The summed E-state index contributed by atoms with van der Waals surface area (Å²) < 4.78 is 5.59. The van der Waals surface area contributed by atoms with Gasteiger partial charge in [0.1, 0.15) is 6.10 Å². The maximum Gasteiger partial charge on any atom is 0.302 e. The van der Waals surface area contributed by atoms with Gasteiger partial charge in [0.05, 0.1) is 0 Å². The number of fused-ring (bicyclic) bond motifs is 5. The monoisotopic (exact) mass is 344 g/mol. The Bertz CT molecular complexity index is 579. The minimum atomic E-state index is -0.0967. The average Bonchev–Trinajstić information content (AvgIpc) is 2.91. The number of hydrogen-bond acceptors (Lipinski definition) is 2. The molecule has 4 aliphatic rings. The molecule has 0 aliphatic heterocycles. The van der Waals surface area contributed by atoms with E-state index in [1.807, 2.05) is 0 Å². The minimum Gasteiger partial charge on any atom is -0.463 e. The molecular weight excluding hydrogens is 308 g/mol. The molecule has 0 N–H and O–H groups in total.